The van der Waals surface area contributed by atoms with Crippen LogP contribution in [0.4, 0.5) is 0 Å². The number of fused-ring (bicyclic) bond motifs is 1. The summed E-state index contributed by atoms with van der Waals surface area (Å²) in [6, 6.07) is 6.53. The molecule has 1 fully saturated rings. The Morgan fingerprint density at radius 3 is 2.72 bits per heavy atom. The molecule has 2 nitrogen and oxygen atoms in total. The van der Waals surface area contributed by atoms with Gasteiger partial charge in [-0.1, -0.05) is 19.3 Å². The molecule has 0 saturated heterocycles. The lowest BCUT2D eigenvalue weighted by atomic mass is 9.83. The van der Waals surface area contributed by atoms with Crippen LogP contribution in [0.3, 0.4) is 0 Å². The molecular formula is C14H17IN2S. The number of rotatable bonds is 1. The van der Waals surface area contributed by atoms with Gasteiger partial charge in [-0.3, -0.25) is 0 Å². The maximum absolute atomic E-state index is 5.55. The number of imidazole rings is 1. The molecule has 1 aliphatic rings. The zero-order valence-corrected chi connectivity index (χ0v) is 13.5. The molecule has 3 rings (SSSR count). The number of benzene rings is 1. The lowest BCUT2D eigenvalue weighted by Crippen LogP contribution is -2.32. The minimum Gasteiger partial charge on any atom is -0.331 e. The number of aromatic nitrogens is 2. The summed E-state index contributed by atoms with van der Waals surface area (Å²) in [5, 5.41) is 0. The molecule has 0 atom stereocenters. The number of halogens is 1. The minimum atomic E-state index is 0.195. The highest BCUT2D eigenvalue weighted by Gasteiger charge is 2.30. The minimum absolute atomic E-state index is 0.195. The first kappa shape index (κ1) is 12.7. The van der Waals surface area contributed by atoms with Crippen molar-refractivity contribution in [2.45, 2.75) is 44.6 Å². The second-order valence-corrected chi connectivity index (χ2v) is 7.12. The van der Waals surface area contributed by atoms with Gasteiger partial charge in [0.2, 0.25) is 0 Å². The van der Waals surface area contributed by atoms with Gasteiger partial charge in [-0.05, 0) is 72.8 Å². The first-order valence-corrected chi connectivity index (χ1v) is 8.00. The Bertz CT molecular complexity index is 635. The van der Waals surface area contributed by atoms with Gasteiger partial charge in [0.25, 0.3) is 0 Å². The van der Waals surface area contributed by atoms with Crippen LogP contribution in [0.25, 0.3) is 11.0 Å². The molecule has 0 unspecified atom stereocenters. The summed E-state index contributed by atoms with van der Waals surface area (Å²) in [5.74, 6) is 0. The molecule has 0 radical (unpaired) electrons. The van der Waals surface area contributed by atoms with E-state index in [4.69, 9.17) is 12.2 Å². The molecule has 2 aromatic rings. The Morgan fingerprint density at radius 2 is 2.00 bits per heavy atom. The monoisotopic (exact) mass is 372 g/mol. The van der Waals surface area contributed by atoms with Crippen LogP contribution in [0.2, 0.25) is 0 Å². The van der Waals surface area contributed by atoms with E-state index in [1.165, 1.54) is 46.7 Å². The third-order valence-corrected chi connectivity index (χ3v) is 5.07. The van der Waals surface area contributed by atoms with Crippen molar-refractivity contribution in [3.05, 3.63) is 26.5 Å². The van der Waals surface area contributed by atoms with Crippen LogP contribution in [-0.4, -0.2) is 9.55 Å². The lowest BCUT2D eigenvalue weighted by molar-refractivity contribution is 0.222. The third-order valence-electron chi connectivity index (χ3n) is 4.11. The molecule has 96 valence electrons. The van der Waals surface area contributed by atoms with Crippen LogP contribution in [0.15, 0.2) is 18.2 Å². The highest BCUT2D eigenvalue weighted by molar-refractivity contribution is 14.1. The van der Waals surface area contributed by atoms with Gasteiger partial charge in [0.15, 0.2) is 4.77 Å². The smallest absolute Gasteiger partial charge is 0.178 e. The second kappa shape index (κ2) is 4.63. The fourth-order valence-corrected chi connectivity index (χ4v) is 4.08. The van der Waals surface area contributed by atoms with E-state index in [1.54, 1.807) is 0 Å². The fraction of sp³-hybridized carbons (Fsp3) is 0.500. The topological polar surface area (TPSA) is 20.7 Å². The van der Waals surface area contributed by atoms with Gasteiger partial charge in [-0.2, -0.15) is 0 Å². The molecule has 1 aliphatic carbocycles. The van der Waals surface area contributed by atoms with E-state index in [1.807, 2.05) is 0 Å². The largest absolute Gasteiger partial charge is 0.331 e. The molecule has 18 heavy (non-hydrogen) atoms. The summed E-state index contributed by atoms with van der Waals surface area (Å²) in [4.78, 5) is 3.36. The average molecular weight is 372 g/mol. The Morgan fingerprint density at radius 1 is 1.28 bits per heavy atom. The number of nitrogens with one attached hydrogen (secondary N) is 1. The molecule has 0 amide bonds. The Labute approximate surface area is 126 Å². The summed E-state index contributed by atoms with van der Waals surface area (Å²) in [6.45, 7) is 2.35. The van der Waals surface area contributed by atoms with Crippen molar-refractivity contribution in [3.8, 4) is 0 Å². The Balaban J connectivity index is 2.22. The van der Waals surface area contributed by atoms with E-state index in [9.17, 15) is 0 Å². The summed E-state index contributed by atoms with van der Waals surface area (Å²) in [6.07, 6.45) is 6.47. The van der Waals surface area contributed by atoms with Gasteiger partial charge in [0, 0.05) is 9.11 Å². The molecule has 1 aromatic heterocycles. The number of aromatic amines is 1. The number of hydrogen-bond donors (Lipinski definition) is 1. The van der Waals surface area contributed by atoms with Crippen LogP contribution in [-0.2, 0) is 5.54 Å². The average Bonchev–Trinajstić information content (AvgIpc) is 2.65. The summed E-state index contributed by atoms with van der Waals surface area (Å²) in [5.41, 5.74) is 2.61. The summed E-state index contributed by atoms with van der Waals surface area (Å²) < 4.78 is 4.47. The normalized spacial score (nSPS) is 19.2. The Kier molecular flexibility index (Phi) is 3.26. The standard InChI is InChI=1S/C14H17IN2S/c1-14(7-3-2-4-8-14)17-12-6-5-10(15)9-11(12)16-13(17)18/h5-6,9H,2-4,7-8H2,1H3,(H,16,18). The molecule has 1 heterocycles. The van der Waals surface area contributed by atoms with E-state index < -0.39 is 0 Å². The maximum atomic E-state index is 5.55. The highest BCUT2D eigenvalue weighted by Crippen LogP contribution is 2.37. The predicted octanol–water partition coefficient (Wildman–Crippen LogP) is 4.98. The molecule has 1 saturated carbocycles. The van der Waals surface area contributed by atoms with Crippen LogP contribution < -0.4 is 0 Å². The quantitative estimate of drug-likeness (QED) is 0.553. The summed E-state index contributed by atoms with van der Waals surface area (Å²) >= 11 is 7.90. The second-order valence-electron chi connectivity index (χ2n) is 5.48. The van der Waals surface area contributed by atoms with Crippen LogP contribution in [0.1, 0.15) is 39.0 Å². The van der Waals surface area contributed by atoms with Crippen LogP contribution in [0, 0.1) is 8.34 Å². The van der Waals surface area contributed by atoms with E-state index >= 15 is 0 Å². The fourth-order valence-electron chi connectivity index (χ4n) is 3.16. The molecular weight excluding hydrogens is 355 g/mol. The van der Waals surface area contributed by atoms with Crippen molar-refractivity contribution >= 4 is 45.8 Å². The van der Waals surface area contributed by atoms with Gasteiger partial charge in [-0.15, -0.1) is 0 Å². The van der Waals surface area contributed by atoms with Crippen molar-refractivity contribution in [1.82, 2.24) is 9.55 Å². The SMILES string of the molecule is CC1(n2c(=S)[nH]c3cc(I)ccc32)CCCCC1. The zero-order valence-electron chi connectivity index (χ0n) is 10.5. The van der Waals surface area contributed by atoms with Crippen molar-refractivity contribution in [1.29, 1.82) is 0 Å². The lowest BCUT2D eigenvalue weighted by Gasteiger charge is -2.35. The maximum Gasteiger partial charge on any atom is 0.178 e. The number of nitrogens with zero attached hydrogens (tertiary/aromatic N) is 1. The first-order valence-electron chi connectivity index (χ1n) is 6.51. The highest BCUT2D eigenvalue weighted by atomic mass is 127. The molecule has 0 spiro atoms. The van der Waals surface area contributed by atoms with E-state index in [0.717, 1.165) is 4.77 Å². The summed E-state index contributed by atoms with van der Waals surface area (Å²) in [7, 11) is 0. The first-order chi connectivity index (χ1) is 8.60. The van der Waals surface area contributed by atoms with E-state index in [-0.39, 0.29) is 5.54 Å². The molecule has 1 N–H and O–H groups in total. The Hall–Kier alpha value is -0.360. The van der Waals surface area contributed by atoms with E-state index in [2.05, 4.69) is 57.3 Å². The van der Waals surface area contributed by atoms with Gasteiger partial charge >= 0.3 is 0 Å². The number of H-pyrrole nitrogens is 1. The van der Waals surface area contributed by atoms with Crippen molar-refractivity contribution < 1.29 is 0 Å². The number of hydrogen-bond acceptors (Lipinski definition) is 1. The van der Waals surface area contributed by atoms with Gasteiger partial charge in [-0.25, -0.2) is 0 Å². The van der Waals surface area contributed by atoms with Gasteiger partial charge in [0.05, 0.1) is 11.0 Å². The predicted molar refractivity (Wildman–Crippen MR) is 86.6 cm³/mol. The molecule has 1 aromatic carbocycles. The van der Waals surface area contributed by atoms with Crippen molar-refractivity contribution in [2.75, 3.05) is 0 Å². The van der Waals surface area contributed by atoms with Crippen molar-refractivity contribution in [3.63, 3.8) is 0 Å². The van der Waals surface area contributed by atoms with Gasteiger partial charge < -0.3 is 9.55 Å². The zero-order chi connectivity index (χ0) is 12.8. The van der Waals surface area contributed by atoms with Gasteiger partial charge in [0.1, 0.15) is 0 Å². The molecule has 4 heteroatoms. The molecule has 0 bridgehead atoms. The van der Waals surface area contributed by atoms with Crippen LogP contribution >= 0.6 is 34.8 Å². The molecule has 0 aliphatic heterocycles. The third kappa shape index (κ3) is 2.03. The van der Waals surface area contributed by atoms with Crippen molar-refractivity contribution in [2.24, 2.45) is 0 Å². The van der Waals surface area contributed by atoms with E-state index in [0.29, 0.717) is 0 Å². The van der Waals surface area contributed by atoms with Crippen LogP contribution in [0.5, 0.6) is 0 Å².